The minimum absolute atomic E-state index is 0.319. The maximum absolute atomic E-state index is 11.0. The molecule has 1 aromatic rings. The Morgan fingerprint density at radius 1 is 1.11 bits per heavy atom. The molecule has 0 saturated heterocycles. The smallest absolute Gasteiger partial charge is 0.132 e. The molecule has 2 heteroatoms. The zero-order valence-electron chi connectivity index (χ0n) is 18.7. The third-order valence-corrected chi connectivity index (χ3v) is 6.96. The summed E-state index contributed by atoms with van der Waals surface area (Å²) in [5.74, 6) is 2.87. The predicted octanol–water partition coefficient (Wildman–Crippen LogP) is 7.85. The van der Waals surface area contributed by atoms with Crippen LogP contribution >= 0.6 is 0 Å². The quantitative estimate of drug-likeness (QED) is 0.485. The van der Waals surface area contributed by atoms with Gasteiger partial charge in [0.25, 0.3) is 0 Å². The van der Waals surface area contributed by atoms with E-state index in [4.69, 9.17) is 4.74 Å². The fourth-order valence-corrected chi connectivity index (χ4v) is 5.04. The van der Waals surface area contributed by atoms with Crippen LogP contribution in [0.4, 0.5) is 0 Å². The van der Waals surface area contributed by atoms with E-state index in [0.29, 0.717) is 23.5 Å². The maximum atomic E-state index is 11.0. The fraction of sp³-hybridized carbons (Fsp3) is 0.692. The molecule has 28 heavy (non-hydrogen) atoms. The number of fused-ring (bicyclic) bond motifs is 1. The number of phenolic OH excluding ortho intramolecular Hbond substituents is 1. The monoisotopic (exact) mass is 384 g/mol. The number of benzene rings is 1. The minimum Gasteiger partial charge on any atom is -0.507 e. The molecule has 156 valence electrons. The van der Waals surface area contributed by atoms with Crippen molar-refractivity contribution in [3.05, 3.63) is 29.3 Å². The van der Waals surface area contributed by atoms with Crippen LogP contribution in [0.1, 0.15) is 109 Å². The number of unbranched alkanes of at least 4 members (excludes halogenated alkanes) is 2. The van der Waals surface area contributed by atoms with Crippen LogP contribution in [0.2, 0.25) is 0 Å². The first-order valence-corrected chi connectivity index (χ1v) is 11.6. The van der Waals surface area contributed by atoms with E-state index >= 15 is 0 Å². The number of rotatable bonds is 7. The van der Waals surface area contributed by atoms with Crippen molar-refractivity contribution in [3.63, 3.8) is 0 Å². The third-order valence-electron chi connectivity index (χ3n) is 6.96. The summed E-state index contributed by atoms with van der Waals surface area (Å²) in [4.78, 5) is 0. The highest BCUT2D eigenvalue weighted by Crippen LogP contribution is 2.49. The topological polar surface area (TPSA) is 29.5 Å². The van der Waals surface area contributed by atoms with Crippen molar-refractivity contribution in [1.82, 2.24) is 0 Å². The van der Waals surface area contributed by atoms with Crippen LogP contribution in [0.15, 0.2) is 18.2 Å². The summed E-state index contributed by atoms with van der Waals surface area (Å²) in [6, 6.07) is 4.23. The largest absolute Gasteiger partial charge is 0.507 e. The maximum Gasteiger partial charge on any atom is 0.132 e. The Kier molecular flexibility index (Phi) is 6.78. The molecule has 2 atom stereocenters. The summed E-state index contributed by atoms with van der Waals surface area (Å²) >= 11 is 0. The van der Waals surface area contributed by atoms with Gasteiger partial charge in [0.2, 0.25) is 0 Å². The number of aromatic hydroxyl groups is 1. The van der Waals surface area contributed by atoms with Gasteiger partial charge in [0.15, 0.2) is 0 Å². The Hall–Kier alpha value is -1.44. The van der Waals surface area contributed by atoms with Crippen molar-refractivity contribution < 1.29 is 9.84 Å². The molecule has 1 aromatic carbocycles. The first-order valence-electron chi connectivity index (χ1n) is 11.6. The van der Waals surface area contributed by atoms with Gasteiger partial charge < -0.3 is 9.84 Å². The second-order valence-electron chi connectivity index (χ2n) is 9.82. The van der Waals surface area contributed by atoms with Crippen molar-refractivity contribution in [3.8, 4) is 11.5 Å². The summed E-state index contributed by atoms with van der Waals surface area (Å²) < 4.78 is 6.35. The second-order valence-corrected chi connectivity index (χ2v) is 9.82. The van der Waals surface area contributed by atoms with Crippen LogP contribution < -0.4 is 4.74 Å². The molecule has 0 radical (unpaired) electrons. The lowest BCUT2D eigenvalue weighted by Gasteiger charge is -2.36. The number of allylic oxidation sites excluding steroid dienone is 1. The first-order chi connectivity index (χ1) is 13.3. The Bertz CT molecular complexity index is 695. The van der Waals surface area contributed by atoms with Gasteiger partial charge in [-0.05, 0) is 73.8 Å². The van der Waals surface area contributed by atoms with E-state index in [1.165, 1.54) is 68.9 Å². The van der Waals surface area contributed by atoms with E-state index in [-0.39, 0.29) is 5.60 Å². The lowest BCUT2D eigenvalue weighted by atomic mass is 9.77. The summed E-state index contributed by atoms with van der Waals surface area (Å²) in [6.07, 6.45) is 13.8. The van der Waals surface area contributed by atoms with Crippen LogP contribution in [0.5, 0.6) is 11.5 Å². The third kappa shape index (κ3) is 4.75. The molecule has 0 amide bonds. The van der Waals surface area contributed by atoms with E-state index in [9.17, 15) is 5.11 Å². The molecule has 0 aromatic heterocycles. The lowest BCUT2D eigenvalue weighted by Crippen LogP contribution is -2.30. The summed E-state index contributed by atoms with van der Waals surface area (Å²) in [6.45, 7) is 11.2. The normalized spacial score (nSPS) is 21.4. The Morgan fingerprint density at radius 2 is 1.82 bits per heavy atom. The Morgan fingerprint density at radius 3 is 2.50 bits per heavy atom. The molecule has 2 aliphatic rings. The molecule has 3 rings (SSSR count). The van der Waals surface area contributed by atoms with Gasteiger partial charge in [-0.15, -0.1) is 0 Å². The van der Waals surface area contributed by atoms with Crippen LogP contribution in [0, 0.1) is 11.8 Å². The van der Waals surface area contributed by atoms with Gasteiger partial charge in [-0.1, -0.05) is 65.7 Å². The molecular weight excluding hydrogens is 344 g/mol. The van der Waals surface area contributed by atoms with Gasteiger partial charge in [0, 0.05) is 0 Å². The average Bonchev–Trinajstić information content (AvgIpc) is 2.66. The number of hydrogen-bond donors (Lipinski definition) is 1. The predicted molar refractivity (Wildman–Crippen MR) is 119 cm³/mol. The molecule has 2 unspecified atom stereocenters. The molecule has 1 aliphatic carbocycles. The molecule has 0 bridgehead atoms. The molecule has 1 aliphatic heterocycles. The van der Waals surface area contributed by atoms with E-state index in [1.807, 2.05) is 6.07 Å². The molecule has 2 nitrogen and oxygen atoms in total. The lowest BCUT2D eigenvalue weighted by molar-refractivity contribution is 0.155. The number of hydrogen-bond acceptors (Lipinski definition) is 2. The van der Waals surface area contributed by atoms with Crippen LogP contribution in [0.3, 0.4) is 0 Å². The Balaban J connectivity index is 1.90. The van der Waals surface area contributed by atoms with Gasteiger partial charge in [0.05, 0.1) is 5.56 Å². The first kappa shape index (κ1) is 21.3. The van der Waals surface area contributed by atoms with E-state index in [2.05, 4.69) is 46.8 Å². The number of phenols is 1. The van der Waals surface area contributed by atoms with Crippen molar-refractivity contribution >= 4 is 5.57 Å². The van der Waals surface area contributed by atoms with Crippen LogP contribution in [-0.4, -0.2) is 10.7 Å². The molecular formula is C26H40O2. The zero-order valence-corrected chi connectivity index (χ0v) is 18.7. The van der Waals surface area contributed by atoms with E-state index in [0.717, 1.165) is 11.3 Å². The summed E-state index contributed by atoms with van der Waals surface area (Å²) in [5.41, 5.74) is 3.17. The zero-order chi connectivity index (χ0) is 20.3. The van der Waals surface area contributed by atoms with Crippen LogP contribution in [-0.2, 0) is 0 Å². The van der Waals surface area contributed by atoms with Crippen LogP contribution in [0.25, 0.3) is 5.57 Å². The van der Waals surface area contributed by atoms with Gasteiger partial charge in [-0.3, -0.25) is 0 Å². The summed E-state index contributed by atoms with van der Waals surface area (Å²) in [5, 5.41) is 11.0. The van der Waals surface area contributed by atoms with Crippen molar-refractivity contribution in [2.75, 3.05) is 0 Å². The number of ether oxygens (including phenoxy) is 1. The van der Waals surface area contributed by atoms with Gasteiger partial charge in [-0.25, -0.2) is 0 Å². The highest BCUT2D eigenvalue weighted by atomic mass is 16.5. The molecule has 1 fully saturated rings. The fourth-order valence-electron chi connectivity index (χ4n) is 5.04. The van der Waals surface area contributed by atoms with Crippen molar-refractivity contribution in [2.45, 2.75) is 104 Å². The SMILES string of the molecule is CCCCCC(C)C(C)c1cc(O)c2c(c1)OC(C)(C)C=C2C1CCCCC1. The molecule has 1 N–H and O–H groups in total. The summed E-state index contributed by atoms with van der Waals surface area (Å²) in [7, 11) is 0. The van der Waals surface area contributed by atoms with E-state index < -0.39 is 0 Å². The second kappa shape index (κ2) is 8.93. The Labute approximate surface area is 172 Å². The van der Waals surface area contributed by atoms with Gasteiger partial charge >= 0.3 is 0 Å². The highest BCUT2D eigenvalue weighted by molar-refractivity contribution is 5.79. The molecule has 0 spiro atoms. The standard InChI is InChI=1S/C26H40O2/c1-6-7-9-12-18(2)19(3)21-15-23(27)25-22(20-13-10-8-11-14-20)17-26(4,5)28-24(25)16-21/h15-20,27H,6-14H2,1-5H3. The van der Waals surface area contributed by atoms with Crippen molar-refractivity contribution in [1.29, 1.82) is 0 Å². The average molecular weight is 385 g/mol. The van der Waals surface area contributed by atoms with Gasteiger partial charge in [0.1, 0.15) is 17.1 Å². The highest BCUT2D eigenvalue weighted by Gasteiger charge is 2.33. The van der Waals surface area contributed by atoms with Gasteiger partial charge in [-0.2, -0.15) is 0 Å². The minimum atomic E-state index is -0.319. The van der Waals surface area contributed by atoms with Crippen molar-refractivity contribution in [2.24, 2.45) is 11.8 Å². The molecule has 1 heterocycles. The van der Waals surface area contributed by atoms with E-state index in [1.54, 1.807) is 0 Å². The molecule has 1 saturated carbocycles.